The molecule has 0 fully saturated rings. The smallest absolute Gasteiger partial charge is 0.347 e. The number of nitrogens with zero attached hydrogens (tertiary/aromatic N) is 2. The van der Waals surface area contributed by atoms with Gasteiger partial charge in [0.15, 0.2) is 0 Å². The van der Waals surface area contributed by atoms with Crippen LogP contribution < -0.4 is 11.4 Å². The lowest BCUT2D eigenvalue weighted by molar-refractivity contribution is 0.0595. The Morgan fingerprint density at radius 3 is 2.76 bits per heavy atom. The first-order valence-electron chi connectivity index (χ1n) is 5.95. The largest absolute Gasteiger partial charge is 0.377 e. The van der Waals surface area contributed by atoms with Gasteiger partial charge in [-0.25, -0.2) is 4.79 Å². The summed E-state index contributed by atoms with van der Waals surface area (Å²) in [7, 11) is 0. The molecule has 0 aromatic carbocycles. The van der Waals surface area contributed by atoms with Crippen LogP contribution in [0.25, 0.3) is 0 Å². The summed E-state index contributed by atoms with van der Waals surface area (Å²) in [5.41, 5.74) is 7.08. The molecule has 0 saturated heterocycles. The topological polar surface area (TPSA) is 70.1 Å². The van der Waals surface area contributed by atoms with Crippen molar-refractivity contribution < 1.29 is 4.74 Å². The first-order chi connectivity index (χ1) is 8.08. The number of nitrogens with two attached hydrogens (primary N) is 1. The molecule has 1 aromatic rings. The van der Waals surface area contributed by atoms with E-state index in [2.05, 4.69) is 4.98 Å². The van der Waals surface area contributed by atoms with Crippen LogP contribution in [-0.4, -0.2) is 28.8 Å². The molecule has 96 valence electrons. The first kappa shape index (κ1) is 13.9. The van der Waals surface area contributed by atoms with Crippen molar-refractivity contribution in [2.45, 2.75) is 39.8 Å². The van der Waals surface area contributed by atoms with Crippen LogP contribution in [0.5, 0.6) is 0 Å². The zero-order valence-electron chi connectivity index (χ0n) is 10.8. The molecule has 1 aromatic heterocycles. The first-order valence-corrected chi connectivity index (χ1v) is 5.95. The van der Waals surface area contributed by atoms with Crippen LogP contribution in [0.4, 0.5) is 0 Å². The Morgan fingerprint density at radius 1 is 1.53 bits per heavy atom. The highest BCUT2D eigenvalue weighted by atomic mass is 16.5. The van der Waals surface area contributed by atoms with Crippen LogP contribution in [0, 0.1) is 13.8 Å². The van der Waals surface area contributed by atoms with E-state index >= 15 is 0 Å². The van der Waals surface area contributed by atoms with Gasteiger partial charge >= 0.3 is 5.69 Å². The van der Waals surface area contributed by atoms with Gasteiger partial charge in [-0.3, -0.25) is 4.57 Å². The van der Waals surface area contributed by atoms with E-state index in [4.69, 9.17) is 10.5 Å². The molecule has 0 aliphatic heterocycles. The Morgan fingerprint density at radius 2 is 2.24 bits per heavy atom. The Hall–Kier alpha value is -1.20. The van der Waals surface area contributed by atoms with Crippen molar-refractivity contribution in [1.82, 2.24) is 9.55 Å². The number of hydrogen-bond acceptors (Lipinski definition) is 4. The summed E-state index contributed by atoms with van der Waals surface area (Å²) in [4.78, 5) is 15.6. The molecule has 0 saturated carbocycles. The van der Waals surface area contributed by atoms with Gasteiger partial charge in [0.2, 0.25) is 0 Å². The molecule has 0 aliphatic carbocycles. The number of ether oxygens (including phenoxy) is 1. The second kappa shape index (κ2) is 6.51. The SMILES string of the molecule is CCOC(CN)CCn1c(C)cc(C)nc1=O. The molecule has 5 nitrogen and oxygen atoms in total. The van der Waals surface area contributed by atoms with E-state index in [0.717, 1.165) is 17.8 Å². The molecule has 2 N–H and O–H groups in total. The van der Waals surface area contributed by atoms with Crippen LogP contribution in [0.3, 0.4) is 0 Å². The molecule has 0 aliphatic rings. The maximum absolute atomic E-state index is 11.7. The van der Waals surface area contributed by atoms with Crippen molar-refractivity contribution in [2.75, 3.05) is 13.2 Å². The lowest BCUT2D eigenvalue weighted by Crippen LogP contribution is -2.30. The zero-order valence-corrected chi connectivity index (χ0v) is 10.8. The van der Waals surface area contributed by atoms with Crippen LogP contribution in [0.2, 0.25) is 0 Å². The molecule has 0 amide bonds. The summed E-state index contributed by atoms with van der Waals surface area (Å²) >= 11 is 0. The predicted octanol–water partition coefficient (Wildman–Crippen LogP) is 0.614. The van der Waals surface area contributed by atoms with Crippen molar-refractivity contribution in [2.24, 2.45) is 5.73 Å². The Bertz CT molecular complexity index is 415. The van der Waals surface area contributed by atoms with Gasteiger partial charge in [0, 0.05) is 31.1 Å². The molecular weight excluding hydrogens is 218 g/mol. The Kier molecular flexibility index (Phi) is 5.31. The fourth-order valence-electron chi connectivity index (χ4n) is 1.82. The molecular formula is C12H21N3O2. The van der Waals surface area contributed by atoms with Crippen LogP contribution in [0.1, 0.15) is 24.7 Å². The summed E-state index contributed by atoms with van der Waals surface area (Å²) in [6.45, 7) is 7.38. The highest BCUT2D eigenvalue weighted by Gasteiger charge is 2.08. The lowest BCUT2D eigenvalue weighted by Gasteiger charge is -2.16. The maximum atomic E-state index is 11.7. The molecule has 0 spiro atoms. The van der Waals surface area contributed by atoms with Crippen molar-refractivity contribution in [3.63, 3.8) is 0 Å². The molecule has 1 heterocycles. The fraction of sp³-hybridized carbons (Fsp3) is 0.667. The molecule has 1 atom stereocenters. The van der Waals surface area contributed by atoms with Gasteiger partial charge in [-0.05, 0) is 33.3 Å². The van der Waals surface area contributed by atoms with Crippen LogP contribution in [-0.2, 0) is 11.3 Å². The van der Waals surface area contributed by atoms with Gasteiger partial charge in [0.1, 0.15) is 0 Å². The molecule has 0 radical (unpaired) electrons. The number of aryl methyl sites for hydroxylation is 2. The van der Waals surface area contributed by atoms with E-state index in [0.29, 0.717) is 19.7 Å². The van der Waals surface area contributed by atoms with Gasteiger partial charge in [-0.15, -0.1) is 0 Å². The van der Waals surface area contributed by atoms with Crippen molar-refractivity contribution in [3.05, 3.63) is 27.9 Å². The van der Waals surface area contributed by atoms with Crippen molar-refractivity contribution >= 4 is 0 Å². The predicted molar refractivity (Wildman–Crippen MR) is 67.1 cm³/mol. The normalized spacial score (nSPS) is 12.7. The molecule has 1 rings (SSSR count). The Balaban J connectivity index is 2.72. The van der Waals surface area contributed by atoms with E-state index in [1.54, 1.807) is 4.57 Å². The minimum absolute atomic E-state index is 0.00704. The third-order valence-corrected chi connectivity index (χ3v) is 2.69. The summed E-state index contributed by atoms with van der Waals surface area (Å²) in [5.74, 6) is 0. The highest BCUT2D eigenvalue weighted by Crippen LogP contribution is 2.02. The number of hydrogen-bond donors (Lipinski definition) is 1. The fourth-order valence-corrected chi connectivity index (χ4v) is 1.82. The van der Waals surface area contributed by atoms with Crippen LogP contribution in [0.15, 0.2) is 10.9 Å². The summed E-state index contributed by atoms with van der Waals surface area (Å²) in [6.07, 6.45) is 0.739. The maximum Gasteiger partial charge on any atom is 0.347 e. The van der Waals surface area contributed by atoms with Crippen molar-refractivity contribution in [3.8, 4) is 0 Å². The molecule has 17 heavy (non-hydrogen) atoms. The van der Waals surface area contributed by atoms with E-state index in [-0.39, 0.29) is 11.8 Å². The van der Waals surface area contributed by atoms with Gasteiger partial charge in [-0.1, -0.05) is 0 Å². The average molecular weight is 239 g/mol. The van der Waals surface area contributed by atoms with Gasteiger partial charge < -0.3 is 10.5 Å². The summed E-state index contributed by atoms with van der Waals surface area (Å²) < 4.78 is 7.12. The second-order valence-corrected chi connectivity index (χ2v) is 4.07. The minimum Gasteiger partial charge on any atom is -0.377 e. The van der Waals surface area contributed by atoms with Gasteiger partial charge in [0.05, 0.1) is 6.10 Å². The van der Waals surface area contributed by atoms with E-state index < -0.39 is 0 Å². The quantitative estimate of drug-likeness (QED) is 0.789. The molecule has 1 unspecified atom stereocenters. The third kappa shape index (κ3) is 3.94. The number of rotatable bonds is 6. The van der Waals surface area contributed by atoms with Gasteiger partial charge in [0.25, 0.3) is 0 Å². The monoisotopic (exact) mass is 239 g/mol. The minimum atomic E-state index is -0.199. The Labute approximate surface area is 102 Å². The van der Waals surface area contributed by atoms with Crippen molar-refractivity contribution in [1.29, 1.82) is 0 Å². The standard InChI is InChI=1S/C12H21N3O2/c1-4-17-11(8-13)5-6-15-10(3)7-9(2)14-12(15)16/h7,11H,4-6,8,13H2,1-3H3. The lowest BCUT2D eigenvalue weighted by atomic mass is 10.2. The second-order valence-electron chi connectivity index (χ2n) is 4.07. The summed E-state index contributed by atoms with van der Waals surface area (Å²) in [6, 6.07) is 1.90. The van der Waals surface area contributed by atoms with E-state index in [1.807, 2.05) is 26.8 Å². The van der Waals surface area contributed by atoms with Crippen LogP contribution >= 0.6 is 0 Å². The molecule has 5 heteroatoms. The van der Waals surface area contributed by atoms with E-state index in [9.17, 15) is 4.79 Å². The number of aromatic nitrogens is 2. The zero-order chi connectivity index (χ0) is 12.8. The molecule has 0 bridgehead atoms. The van der Waals surface area contributed by atoms with E-state index in [1.165, 1.54) is 0 Å². The third-order valence-electron chi connectivity index (χ3n) is 2.69. The average Bonchev–Trinajstić information content (AvgIpc) is 2.26. The van der Waals surface area contributed by atoms with Gasteiger partial charge in [-0.2, -0.15) is 4.98 Å². The summed E-state index contributed by atoms with van der Waals surface area (Å²) in [5, 5.41) is 0. The highest BCUT2D eigenvalue weighted by molar-refractivity contribution is 5.06.